The van der Waals surface area contributed by atoms with E-state index in [9.17, 15) is 5.11 Å². The molecule has 1 aliphatic rings. The van der Waals surface area contributed by atoms with Crippen LogP contribution in [0, 0.1) is 11.8 Å². The Hall–Kier alpha value is -0.120. The average molecular weight is 256 g/mol. The zero-order valence-electron chi connectivity index (χ0n) is 12.7. The fourth-order valence-electron chi connectivity index (χ4n) is 3.41. The van der Waals surface area contributed by atoms with Gasteiger partial charge in [-0.05, 0) is 51.2 Å². The standard InChI is InChI=1S/C15H32N2O/c1-5-17(11-13(2)3)10-8-14-7-6-9-15(14,12-18)16-4/h13-14,16,18H,5-12H2,1-4H3. The van der Waals surface area contributed by atoms with Crippen molar-refractivity contribution < 1.29 is 5.11 Å². The first-order chi connectivity index (χ1) is 8.57. The van der Waals surface area contributed by atoms with Gasteiger partial charge in [0.05, 0.1) is 6.61 Å². The summed E-state index contributed by atoms with van der Waals surface area (Å²) in [5.74, 6) is 1.37. The van der Waals surface area contributed by atoms with Crippen molar-refractivity contribution in [1.82, 2.24) is 10.2 Å². The average Bonchev–Trinajstić information content (AvgIpc) is 2.77. The molecule has 0 aliphatic heterocycles. The zero-order chi connectivity index (χ0) is 13.6. The minimum Gasteiger partial charge on any atom is -0.394 e. The molecule has 0 aromatic heterocycles. The summed E-state index contributed by atoms with van der Waals surface area (Å²) in [4.78, 5) is 2.54. The van der Waals surface area contributed by atoms with Crippen LogP contribution in [0.1, 0.15) is 46.5 Å². The summed E-state index contributed by atoms with van der Waals surface area (Å²) in [5, 5.41) is 13.1. The predicted octanol–water partition coefficient (Wildman–Crippen LogP) is 2.10. The molecule has 3 nitrogen and oxygen atoms in total. The summed E-state index contributed by atoms with van der Waals surface area (Å²) < 4.78 is 0. The highest BCUT2D eigenvalue weighted by Crippen LogP contribution is 2.37. The minimum absolute atomic E-state index is 0.00274. The van der Waals surface area contributed by atoms with Crippen LogP contribution < -0.4 is 5.32 Å². The van der Waals surface area contributed by atoms with Crippen LogP contribution in [-0.2, 0) is 0 Å². The van der Waals surface area contributed by atoms with Gasteiger partial charge in [-0.2, -0.15) is 0 Å². The maximum atomic E-state index is 9.68. The van der Waals surface area contributed by atoms with E-state index in [1.807, 2.05) is 7.05 Å². The first kappa shape index (κ1) is 15.9. The van der Waals surface area contributed by atoms with E-state index in [1.54, 1.807) is 0 Å². The van der Waals surface area contributed by atoms with Crippen molar-refractivity contribution in [3.8, 4) is 0 Å². The molecule has 2 unspecified atom stereocenters. The molecule has 18 heavy (non-hydrogen) atoms. The number of nitrogens with zero attached hydrogens (tertiary/aromatic N) is 1. The number of hydrogen-bond acceptors (Lipinski definition) is 3. The second-order valence-corrected chi connectivity index (χ2v) is 6.23. The molecule has 108 valence electrons. The molecule has 0 aromatic rings. The van der Waals surface area contributed by atoms with Crippen molar-refractivity contribution in [3.63, 3.8) is 0 Å². The van der Waals surface area contributed by atoms with Gasteiger partial charge in [-0.1, -0.05) is 27.2 Å². The molecule has 0 bridgehead atoms. The summed E-state index contributed by atoms with van der Waals surface area (Å²) in [5.41, 5.74) is -0.00274. The van der Waals surface area contributed by atoms with Gasteiger partial charge in [0.2, 0.25) is 0 Å². The van der Waals surface area contributed by atoms with E-state index in [2.05, 4.69) is 31.0 Å². The Morgan fingerprint density at radius 3 is 2.67 bits per heavy atom. The smallest absolute Gasteiger partial charge is 0.0615 e. The number of hydrogen-bond donors (Lipinski definition) is 2. The lowest BCUT2D eigenvalue weighted by Crippen LogP contribution is -2.50. The monoisotopic (exact) mass is 256 g/mol. The molecular formula is C15H32N2O. The molecular weight excluding hydrogens is 224 g/mol. The third-order valence-electron chi connectivity index (χ3n) is 4.60. The van der Waals surface area contributed by atoms with Crippen LogP contribution in [0.25, 0.3) is 0 Å². The van der Waals surface area contributed by atoms with E-state index in [0.717, 1.165) is 18.9 Å². The predicted molar refractivity (Wildman–Crippen MR) is 77.8 cm³/mol. The number of nitrogens with one attached hydrogen (secondary N) is 1. The largest absolute Gasteiger partial charge is 0.394 e. The minimum atomic E-state index is -0.00274. The molecule has 0 saturated heterocycles. The molecule has 1 aliphatic carbocycles. The van der Waals surface area contributed by atoms with E-state index in [4.69, 9.17) is 0 Å². The van der Waals surface area contributed by atoms with Crippen LogP contribution >= 0.6 is 0 Å². The van der Waals surface area contributed by atoms with Crippen molar-refractivity contribution >= 4 is 0 Å². The van der Waals surface area contributed by atoms with Crippen LogP contribution in [0.4, 0.5) is 0 Å². The molecule has 1 fully saturated rings. The molecule has 2 N–H and O–H groups in total. The molecule has 2 atom stereocenters. The summed E-state index contributed by atoms with van der Waals surface area (Å²) in [6.07, 6.45) is 4.85. The van der Waals surface area contributed by atoms with Gasteiger partial charge in [0, 0.05) is 12.1 Å². The second-order valence-electron chi connectivity index (χ2n) is 6.23. The number of aliphatic hydroxyl groups excluding tert-OH is 1. The Bertz CT molecular complexity index is 227. The van der Waals surface area contributed by atoms with Crippen molar-refractivity contribution in [3.05, 3.63) is 0 Å². The number of aliphatic hydroxyl groups is 1. The zero-order valence-corrected chi connectivity index (χ0v) is 12.7. The molecule has 0 radical (unpaired) electrons. The van der Waals surface area contributed by atoms with E-state index < -0.39 is 0 Å². The number of likely N-dealkylation sites (N-methyl/N-ethyl adjacent to an activating group) is 1. The highest BCUT2D eigenvalue weighted by Gasteiger charge is 2.40. The van der Waals surface area contributed by atoms with Crippen LogP contribution in [-0.4, -0.2) is 48.8 Å². The SMILES string of the molecule is CCN(CCC1CCCC1(CO)NC)CC(C)C. The topological polar surface area (TPSA) is 35.5 Å². The van der Waals surface area contributed by atoms with Crippen LogP contribution in [0.2, 0.25) is 0 Å². The molecule has 1 saturated carbocycles. The van der Waals surface area contributed by atoms with E-state index in [-0.39, 0.29) is 12.1 Å². The summed E-state index contributed by atoms with van der Waals surface area (Å²) in [6, 6.07) is 0. The molecule has 0 heterocycles. The van der Waals surface area contributed by atoms with Gasteiger partial charge in [0.15, 0.2) is 0 Å². The molecule has 0 amide bonds. The Labute approximate surface area is 113 Å². The first-order valence-corrected chi connectivity index (χ1v) is 7.60. The maximum absolute atomic E-state index is 9.68. The van der Waals surface area contributed by atoms with Gasteiger partial charge in [0.1, 0.15) is 0 Å². The molecule has 0 aromatic carbocycles. The summed E-state index contributed by atoms with van der Waals surface area (Å²) in [6.45, 7) is 10.6. The first-order valence-electron chi connectivity index (χ1n) is 7.60. The van der Waals surface area contributed by atoms with Crippen LogP contribution in [0.3, 0.4) is 0 Å². The maximum Gasteiger partial charge on any atom is 0.0615 e. The third kappa shape index (κ3) is 3.94. The van der Waals surface area contributed by atoms with Gasteiger partial charge in [-0.3, -0.25) is 0 Å². The van der Waals surface area contributed by atoms with E-state index in [0.29, 0.717) is 5.92 Å². The van der Waals surface area contributed by atoms with Gasteiger partial charge < -0.3 is 15.3 Å². The Morgan fingerprint density at radius 2 is 2.17 bits per heavy atom. The fourth-order valence-corrected chi connectivity index (χ4v) is 3.41. The van der Waals surface area contributed by atoms with Gasteiger partial charge in [-0.25, -0.2) is 0 Å². The highest BCUT2D eigenvalue weighted by molar-refractivity contribution is 4.98. The van der Waals surface area contributed by atoms with Crippen molar-refractivity contribution in [2.75, 3.05) is 33.3 Å². The van der Waals surface area contributed by atoms with Crippen molar-refractivity contribution in [2.45, 2.75) is 52.0 Å². The lowest BCUT2D eigenvalue weighted by Gasteiger charge is -2.35. The van der Waals surface area contributed by atoms with E-state index >= 15 is 0 Å². The summed E-state index contributed by atoms with van der Waals surface area (Å²) in [7, 11) is 2.00. The third-order valence-corrected chi connectivity index (χ3v) is 4.60. The fraction of sp³-hybridized carbons (Fsp3) is 1.00. The Morgan fingerprint density at radius 1 is 1.44 bits per heavy atom. The van der Waals surface area contributed by atoms with E-state index in [1.165, 1.54) is 32.4 Å². The molecule has 3 heteroatoms. The lowest BCUT2D eigenvalue weighted by molar-refractivity contribution is 0.117. The van der Waals surface area contributed by atoms with Gasteiger partial charge in [0.25, 0.3) is 0 Å². The Kier molecular flexibility index (Phi) is 6.61. The highest BCUT2D eigenvalue weighted by atomic mass is 16.3. The van der Waals surface area contributed by atoms with Crippen LogP contribution in [0.5, 0.6) is 0 Å². The van der Waals surface area contributed by atoms with Crippen LogP contribution in [0.15, 0.2) is 0 Å². The normalized spacial score (nSPS) is 28.5. The summed E-state index contributed by atoms with van der Waals surface area (Å²) >= 11 is 0. The molecule has 1 rings (SSSR count). The molecule has 0 spiro atoms. The Balaban J connectivity index is 2.46. The van der Waals surface area contributed by atoms with Crippen molar-refractivity contribution in [1.29, 1.82) is 0 Å². The number of rotatable bonds is 8. The lowest BCUT2D eigenvalue weighted by atomic mass is 9.85. The van der Waals surface area contributed by atoms with Gasteiger partial charge in [-0.15, -0.1) is 0 Å². The second kappa shape index (κ2) is 7.46. The van der Waals surface area contributed by atoms with Crippen molar-refractivity contribution in [2.24, 2.45) is 11.8 Å². The quantitative estimate of drug-likeness (QED) is 0.698. The van der Waals surface area contributed by atoms with Gasteiger partial charge >= 0.3 is 0 Å².